The fourth-order valence-corrected chi connectivity index (χ4v) is 3.14. The smallest absolute Gasteiger partial charge is 0.313 e. The number of likely N-dealkylation sites (tertiary alicyclic amines) is 1. The van der Waals surface area contributed by atoms with Crippen molar-refractivity contribution < 1.29 is 14.3 Å². The van der Waals surface area contributed by atoms with E-state index in [1.807, 2.05) is 43.3 Å². The van der Waals surface area contributed by atoms with Gasteiger partial charge in [-0.25, -0.2) is 0 Å². The van der Waals surface area contributed by atoms with E-state index in [9.17, 15) is 9.59 Å². The number of aromatic nitrogens is 1. The lowest BCUT2D eigenvalue weighted by molar-refractivity contribution is -0.159. The van der Waals surface area contributed by atoms with Crippen LogP contribution in [0.4, 0.5) is 0 Å². The molecule has 3 rings (SSSR count). The SMILES string of the molecule is C[C@@]1(C(=O)OCc2ccccn2)CCCN(C(=O)c2ccccc2)C1. The number of nitrogens with zero attached hydrogens (tertiary/aromatic N) is 2. The van der Waals surface area contributed by atoms with Crippen LogP contribution in [0.1, 0.15) is 35.8 Å². The van der Waals surface area contributed by atoms with Gasteiger partial charge in [0, 0.05) is 24.8 Å². The Bertz CT molecular complexity index is 733. The topological polar surface area (TPSA) is 59.5 Å². The largest absolute Gasteiger partial charge is 0.459 e. The normalized spacial score (nSPS) is 20.1. The molecule has 1 aromatic heterocycles. The van der Waals surface area contributed by atoms with Gasteiger partial charge in [0.15, 0.2) is 0 Å². The van der Waals surface area contributed by atoms with Gasteiger partial charge in [-0.15, -0.1) is 0 Å². The molecule has 25 heavy (non-hydrogen) atoms. The van der Waals surface area contributed by atoms with Crippen molar-refractivity contribution in [3.8, 4) is 0 Å². The van der Waals surface area contributed by atoms with E-state index in [2.05, 4.69) is 4.98 Å². The first kappa shape index (κ1) is 17.1. The molecule has 2 heterocycles. The Kier molecular flexibility index (Phi) is 5.12. The molecule has 0 saturated carbocycles. The third-order valence-corrected chi connectivity index (χ3v) is 4.57. The van der Waals surface area contributed by atoms with Gasteiger partial charge >= 0.3 is 5.97 Å². The van der Waals surface area contributed by atoms with Crippen LogP contribution >= 0.6 is 0 Å². The van der Waals surface area contributed by atoms with Crippen molar-refractivity contribution in [2.45, 2.75) is 26.4 Å². The highest BCUT2D eigenvalue weighted by Crippen LogP contribution is 2.32. The van der Waals surface area contributed by atoms with E-state index in [4.69, 9.17) is 4.74 Å². The Morgan fingerprint density at radius 3 is 2.64 bits per heavy atom. The van der Waals surface area contributed by atoms with Gasteiger partial charge in [0.2, 0.25) is 0 Å². The minimum atomic E-state index is -0.683. The fraction of sp³-hybridized carbons (Fsp3) is 0.350. The molecule has 0 N–H and O–H groups in total. The Morgan fingerprint density at radius 1 is 1.16 bits per heavy atom. The number of amides is 1. The van der Waals surface area contributed by atoms with E-state index in [1.165, 1.54) is 0 Å². The van der Waals surface area contributed by atoms with Crippen LogP contribution in [0.3, 0.4) is 0 Å². The second-order valence-corrected chi connectivity index (χ2v) is 6.65. The number of esters is 1. The summed E-state index contributed by atoms with van der Waals surface area (Å²) in [4.78, 5) is 31.2. The van der Waals surface area contributed by atoms with Crippen LogP contribution in [0, 0.1) is 5.41 Å². The zero-order chi connectivity index (χ0) is 17.7. The molecule has 1 aliphatic heterocycles. The van der Waals surface area contributed by atoms with Crippen LogP contribution < -0.4 is 0 Å². The van der Waals surface area contributed by atoms with Crippen molar-refractivity contribution in [2.75, 3.05) is 13.1 Å². The summed E-state index contributed by atoms with van der Waals surface area (Å²) in [6.45, 7) is 3.07. The summed E-state index contributed by atoms with van der Waals surface area (Å²) in [5.41, 5.74) is 0.679. The molecule has 5 heteroatoms. The quantitative estimate of drug-likeness (QED) is 0.804. The Balaban J connectivity index is 1.64. The van der Waals surface area contributed by atoms with E-state index in [1.54, 1.807) is 23.2 Å². The molecule has 1 aliphatic rings. The molecule has 1 amide bonds. The summed E-state index contributed by atoms with van der Waals surface area (Å²) in [5, 5.41) is 0. The molecule has 2 aromatic rings. The summed E-state index contributed by atoms with van der Waals surface area (Å²) in [5.74, 6) is -0.312. The predicted octanol–water partition coefficient (Wildman–Crippen LogP) is 3.07. The Morgan fingerprint density at radius 2 is 1.92 bits per heavy atom. The molecule has 130 valence electrons. The van der Waals surface area contributed by atoms with E-state index < -0.39 is 5.41 Å². The molecule has 1 aromatic carbocycles. The number of rotatable bonds is 4. The number of piperidine rings is 1. The molecule has 0 aliphatic carbocycles. The maximum atomic E-state index is 12.7. The first-order valence-corrected chi connectivity index (χ1v) is 8.50. The monoisotopic (exact) mass is 338 g/mol. The average molecular weight is 338 g/mol. The van der Waals surface area contributed by atoms with Gasteiger partial charge in [0.1, 0.15) is 6.61 Å². The van der Waals surface area contributed by atoms with Crippen LogP contribution in [0.5, 0.6) is 0 Å². The van der Waals surface area contributed by atoms with Gasteiger partial charge < -0.3 is 9.64 Å². The maximum absolute atomic E-state index is 12.7. The van der Waals surface area contributed by atoms with Gasteiger partial charge in [-0.3, -0.25) is 14.6 Å². The third kappa shape index (κ3) is 4.05. The summed E-state index contributed by atoms with van der Waals surface area (Å²) in [6.07, 6.45) is 3.17. The second-order valence-electron chi connectivity index (χ2n) is 6.65. The highest BCUT2D eigenvalue weighted by atomic mass is 16.5. The number of benzene rings is 1. The van der Waals surface area contributed by atoms with Crippen LogP contribution in [0.2, 0.25) is 0 Å². The molecular formula is C20H22N2O3. The lowest BCUT2D eigenvalue weighted by Crippen LogP contribution is -2.49. The first-order chi connectivity index (χ1) is 12.1. The highest BCUT2D eigenvalue weighted by Gasteiger charge is 2.40. The van der Waals surface area contributed by atoms with Gasteiger partial charge in [-0.1, -0.05) is 24.3 Å². The molecule has 0 unspecified atom stereocenters. The number of pyridine rings is 1. The molecule has 0 spiro atoms. The van der Waals surface area contributed by atoms with Crippen molar-refractivity contribution in [3.05, 3.63) is 66.0 Å². The van der Waals surface area contributed by atoms with Crippen molar-refractivity contribution in [1.29, 1.82) is 0 Å². The number of ether oxygens (including phenoxy) is 1. The van der Waals surface area contributed by atoms with Gasteiger partial charge in [-0.05, 0) is 44.0 Å². The fourth-order valence-electron chi connectivity index (χ4n) is 3.14. The van der Waals surface area contributed by atoms with Crippen molar-refractivity contribution >= 4 is 11.9 Å². The van der Waals surface area contributed by atoms with Gasteiger partial charge in [0.25, 0.3) is 5.91 Å². The third-order valence-electron chi connectivity index (χ3n) is 4.57. The lowest BCUT2D eigenvalue weighted by Gasteiger charge is -2.38. The van der Waals surface area contributed by atoms with Crippen LogP contribution in [0.25, 0.3) is 0 Å². The average Bonchev–Trinajstić information content (AvgIpc) is 2.67. The van der Waals surface area contributed by atoms with Crippen LogP contribution in [-0.2, 0) is 16.1 Å². The molecule has 0 radical (unpaired) electrons. The molecule has 1 saturated heterocycles. The van der Waals surface area contributed by atoms with Gasteiger partial charge in [0.05, 0.1) is 11.1 Å². The van der Waals surface area contributed by atoms with Crippen LogP contribution in [-0.4, -0.2) is 34.8 Å². The van der Waals surface area contributed by atoms with E-state index in [0.717, 1.165) is 6.42 Å². The molecule has 1 fully saturated rings. The van der Waals surface area contributed by atoms with Crippen molar-refractivity contribution in [1.82, 2.24) is 9.88 Å². The molecular weight excluding hydrogens is 316 g/mol. The molecule has 0 bridgehead atoms. The molecule has 1 atom stereocenters. The number of carbonyl (C=O) groups is 2. The number of carbonyl (C=O) groups excluding carboxylic acids is 2. The van der Waals surface area contributed by atoms with E-state index in [-0.39, 0.29) is 18.5 Å². The molecule has 5 nitrogen and oxygen atoms in total. The zero-order valence-electron chi connectivity index (χ0n) is 14.4. The summed E-state index contributed by atoms with van der Waals surface area (Å²) < 4.78 is 5.46. The number of hydrogen-bond donors (Lipinski definition) is 0. The lowest BCUT2D eigenvalue weighted by atomic mass is 9.81. The van der Waals surface area contributed by atoms with Gasteiger partial charge in [-0.2, -0.15) is 0 Å². The van der Waals surface area contributed by atoms with E-state index in [0.29, 0.717) is 30.8 Å². The Hall–Kier alpha value is -2.69. The predicted molar refractivity (Wildman–Crippen MR) is 93.7 cm³/mol. The zero-order valence-corrected chi connectivity index (χ0v) is 14.4. The minimum absolute atomic E-state index is 0.0379. The van der Waals surface area contributed by atoms with E-state index >= 15 is 0 Å². The second kappa shape index (κ2) is 7.47. The summed E-state index contributed by atoms with van der Waals surface area (Å²) in [6, 6.07) is 14.7. The Labute approximate surface area is 147 Å². The van der Waals surface area contributed by atoms with Crippen LogP contribution in [0.15, 0.2) is 54.7 Å². The van der Waals surface area contributed by atoms with Crippen molar-refractivity contribution in [3.63, 3.8) is 0 Å². The standard InChI is InChI=1S/C20H22N2O3/c1-20(19(24)25-14-17-10-5-6-12-21-17)11-7-13-22(15-20)18(23)16-8-3-2-4-9-16/h2-6,8-10,12H,7,11,13-15H2,1H3/t20-/m1/s1. The summed E-state index contributed by atoms with van der Waals surface area (Å²) >= 11 is 0. The first-order valence-electron chi connectivity index (χ1n) is 8.50. The van der Waals surface area contributed by atoms with Crippen molar-refractivity contribution in [2.24, 2.45) is 5.41 Å². The maximum Gasteiger partial charge on any atom is 0.313 e. The minimum Gasteiger partial charge on any atom is -0.459 e. The highest BCUT2D eigenvalue weighted by molar-refractivity contribution is 5.94. The number of hydrogen-bond acceptors (Lipinski definition) is 4. The summed E-state index contributed by atoms with van der Waals surface area (Å²) in [7, 11) is 0.